The van der Waals surface area contributed by atoms with E-state index in [0.717, 1.165) is 19.3 Å². The fraction of sp³-hybridized carbons (Fsp3) is 0.712. The zero-order chi connectivity index (χ0) is 83.6. The van der Waals surface area contributed by atoms with Crippen LogP contribution in [0.1, 0.15) is 182 Å². The van der Waals surface area contributed by atoms with Crippen molar-refractivity contribution >= 4 is 135 Å². The number of nitrogens with zero attached hydrogens (tertiary/aromatic N) is 8. The van der Waals surface area contributed by atoms with Gasteiger partial charge in [-0.15, -0.1) is 57.9 Å². The number of azide groups is 1. The fourth-order valence-electron chi connectivity index (χ4n) is 7.36. The number of guanidine groups is 2. The maximum Gasteiger partial charge on any atom is 0.415 e. The molecule has 6 atom stereocenters. The summed E-state index contributed by atoms with van der Waals surface area (Å²) in [5.74, 6) is -1.15. The number of carboxylic acids is 3. The number of aliphatic imine (C=N–C) groups is 2. The number of ketones is 3. The highest BCUT2D eigenvalue weighted by atomic mass is 35.5. The molecule has 0 spiro atoms. The quantitative estimate of drug-likeness (QED) is 0.00381. The SMILES string of the molecule is C#CCN=C(N)N.CC[C@@H](CCC(=O)OCCCCl)C(C)=O.CC[C@@H](CCC(=O)OCCCN=[N+]=[N-])C(C)=O.CC[C@@H](CCC(=O)OCCCn1cc(CN=C(N)N)nn1)C(C)=O.N[C@@H](CCC(=O)O)C(=O)O.N[C@@H](CCC(=O)OCCCCl)C(=O)O.O=C(CC[C@@H]1NC(=O)OC1=O)OCCCCl.OCCCCl.[Cl-]. The number of carbonyl (C=O) groups excluding carboxylic acids is 10. The lowest BCUT2D eigenvalue weighted by Crippen LogP contribution is -3.00. The zero-order valence-corrected chi connectivity index (χ0v) is 66.6. The number of amides is 1. The van der Waals surface area contributed by atoms with Gasteiger partial charge >= 0.3 is 59.8 Å². The van der Waals surface area contributed by atoms with E-state index in [1.54, 1.807) is 31.6 Å². The van der Waals surface area contributed by atoms with Gasteiger partial charge in [-0.25, -0.2) is 19.6 Å². The number of alkyl halides is 4. The molecular weight excluding hydrogens is 1550 g/mol. The van der Waals surface area contributed by atoms with Crippen molar-refractivity contribution in [2.45, 2.75) is 208 Å². The molecule has 0 unspecified atom stereocenters. The lowest BCUT2D eigenvalue weighted by molar-refractivity contribution is -0.145. The van der Waals surface area contributed by atoms with Crippen molar-refractivity contribution in [3.05, 3.63) is 22.3 Å². The minimum absolute atomic E-state index is 0. The van der Waals surface area contributed by atoms with Gasteiger partial charge in [0.05, 0.1) is 45.8 Å². The van der Waals surface area contributed by atoms with Gasteiger partial charge < -0.3 is 101 Å². The number of cyclic esters (lactones) is 2. The van der Waals surface area contributed by atoms with Crippen LogP contribution in [0.15, 0.2) is 21.3 Å². The van der Waals surface area contributed by atoms with E-state index in [9.17, 15) is 62.3 Å². The Morgan fingerprint density at radius 3 is 1.29 bits per heavy atom. The lowest BCUT2D eigenvalue weighted by Gasteiger charge is -2.10. The van der Waals surface area contributed by atoms with Gasteiger partial charge in [-0.05, 0) is 116 Å². The van der Waals surface area contributed by atoms with E-state index in [2.05, 4.69) is 46.3 Å². The fourth-order valence-corrected chi connectivity index (χ4v) is 7.80. The Kier molecular flexibility index (Phi) is 82.7. The molecular formula is C66H113Cl5N15O23-. The van der Waals surface area contributed by atoms with Gasteiger partial charge in [-0.3, -0.25) is 57.4 Å². The van der Waals surface area contributed by atoms with Crippen molar-refractivity contribution in [2.24, 2.45) is 67.3 Å². The number of nitrogens with two attached hydrogens (primary N) is 6. The Morgan fingerprint density at radius 1 is 0.615 bits per heavy atom. The second kappa shape index (κ2) is 79.1. The predicted octanol–water partition coefficient (Wildman–Crippen LogP) is 2.25. The number of alkyl carbamates (subject to hydrolysis) is 1. The van der Waals surface area contributed by atoms with Gasteiger partial charge in [0, 0.05) is 111 Å². The van der Waals surface area contributed by atoms with Crippen molar-refractivity contribution in [2.75, 3.05) is 76.3 Å². The summed E-state index contributed by atoms with van der Waals surface area (Å²) in [7, 11) is 0. The number of nitrogens with one attached hydrogen (secondary N) is 1. The van der Waals surface area contributed by atoms with Crippen LogP contribution < -0.4 is 52.1 Å². The van der Waals surface area contributed by atoms with Crippen LogP contribution in [0.25, 0.3) is 10.4 Å². The van der Waals surface area contributed by atoms with Gasteiger partial charge in [-0.2, -0.15) is 0 Å². The Morgan fingerprint density at radius 2 is 0.991 bits per heavy atom. The Labute approximate surface area is 661 Å². The van der Waals surface area contributed by atoms with E-state index < -0.39 is 60.0 Å². The number of terminal acetylenes is 1. The second-order valence-corrected chi connectivity index (χ2v) is 23.9. The molecule has 2 rings (SSSR count). The van der Waals surface area contributed by atoms with Crippen LogP contribution in [-0.4, -0.2) is 219 Å². The van der Waals surface area contributed by atoms with Crippen molar-refractivity contribution in [1.29, 1.82) is 0 Å². The number of aromatic nitrogens is 3. The molecule has 626 valence electrons. The average Bonchev–Trinajstić information content (AvgIpc) is 1.77. The average molecular weight is 1660 g/mol. The molecule has 1 saturated heterocycles. The van der Waals surface area contributed by atoms with Crippen LogP contribution in [0.3, 0.4) is 0 Å². The van der Waals surface area contributed by atoms with Gasteiger partial charge in [0.1, 0.15) is 47.7 Å². The number of halogens is 5. The molecule has 1 aliphatic heterocycles. The molecule has 2 heterocycles. The first-order chi connectivity index (χ1) is 51.1. The molecule has 1 aromatic heterocycles. The van der Waals surface area contributed by atoms with Gasteiger partial charge in [0.2, 0.25) is 0 Å². The number of hydrogen-bond acceptors (Lipinski definition) is 27. The summed E-state index contributed by atoms with van der Waals surface area (Å²) in [6.45, 7) is 13.6. The maximum absolute atomic E-state index is 11.6. The van der Waals surface area contributed by atoms with E-state index in [-0.39, 0.29) is 168 Å². The van der Waals surface area contributed by atoms with Gasteiger partial charge in [0.15, 0.2) is 11.9 Å². The van der Waals surface area contributed by atoms with E-state index in [1.807, 2.05) is 20.8 Å². The largest absolute Gasteiger partial charge is 1.00 e. The first kappa shape index (κ1) is 114. The highest BCUT2D eigenvalue weighted by Gasteiger charge is 2.32. The van der Waals surface area contributed by atoms with Crippen molar-refractivity contribution in [3.63, 3.8) is 0 Å². The molecule has 0 saturated carbocycles. The van der Waals surface area contributed by atoms with Crippen molar-refractivity contribution in [3.8, 4) is 12.3 Å². The maximum atomic E-state index is 11.6. The summed E-state index contributed by atoms with van der Waals surface area (Å²) in [6.07, 6.45) is 14.4. The standard InChI is InChI=1S/C15H26N6O3.C11H19ClO3.C11H19N3O3.C9H12ClNO5.C8H14ClNO4.C5H9NO4.C4H7N3.C3H7ClO.ClH/c1-3-12(11(2)22)5-6-14(23)24-8-4-7-21-10-13(19-20-21)9-18-15(16)17;1-3-10(9(2)13)5-6-11(14)15-8-4-7-12;1-3-10(9(2)15)5-6-11(16)17-8-4-7-13-14-12;10-4-1-5-15-7(12)3-2-6-8(13)16-9(14)11-6;9-4-1-5-14-7(11)3-2-6(10)8(12)13;6-3(5(9)10)1-2-4(7)8;1-2-3-7-4(5)6;4-2-1-3-5;/h10,12H,3-9H2,1-2H3,(H4,16,17,18);10H,3-8H2,1-2H3;10H,3-8H2,1-2H3;6H,1-5H2,(H,11,14);6H,1-5,10H2,(H,12,13);3H,1-2,6H2,(H,7,8)(H,9,10);1H,3H2,(H4,5,6,7);5H,1-3H2;1H/p-1/t12-;2*10-;2*6-;3-;;;/m000000.../s1. The number of ether oxygens (including phenoxy) is 6. The van der Waals surface area contributed by atoms with E-state index in [4.69, 9.17) is 137 Å². The number of esters is 6. The van der Waals surface area contributed by atoms with E-state index in [1.165, 1.54) is 0 Å². The second-order valence-electron chi connectivity index (χ2n) is 22.4. The molecule has 1 amide bonds. The van der Waals surface area contributed by atoms with Gasteiger partial charge in [0.25, 0.3) is 0 Å². The highest BCUT2D eigenvalue weighted by Crippen LogP contribution is 2.15. The van der Waals surface area contributed by atoms with Crippen LogP contribution in [0.2, 0.25) is 0 Å². The molecule has 43 heteroatoms. The first-order valence-corrected chi connectivity index (χ1v) is 36.5. The number of carboxylic acid groups (broad SMARTS) is 3. The van der Waals surface area contributed by atoms with Crippen LogP contribution in [0.4, 0.5) is 4.79 Å². The Bertz CT molecular complexity index is 2880. The topological polar surface area (TPSA) is 631 Å². The van der Waals surface area contributed by atoms with Crippen molar-refractivity contribution in [1.82, 2.24) is 20.3 Å². The molecule has 0 aliphatic carbocycles. The molecule has 1 fully saturated rings. The summed E-state index contributed by atoms with van der Waals surface area (Å²) in [4.78, 5) is 151. The minimum atomic E-state index is -1.17. The Balaban J connectivity index is -0.000000225. The number of aliphatic hydroxyl groups excluding tert-OH is 1. The summed E-state index contributed by atoms with van der Waals surface area (Å²) in [5, 5.41) is 46.1. The van der Waals surface area contributed by atoms with Crippen molar-refractivity contribution < 1.29 is 124 Å². The molecule has 109 heavy (non-hydrogen) atoms. The summed E-state index contributed by atoms with van der Waals surface area (Å²) < 4.78 is 30.5. The minimum Gasteiger partial charge on any atom is -1.00 e. The summed E-state index contributed by atoms with van der Waals surface area (Å²) >= 11 is 21.3. The monoisotopic (exact) mass is 1660 g/mol. The van der Waals surface area contributed by atoms with Gasteiger partial charge in [-0.1, -0.05) is 37.0 Å². The van der Waals surface area contributed by atoms with Crippen LogP contribution in [0, 0.1) is 30.1 Å². The molecule has 0 radical (unpaired) electrons. The molecule has 38 nitrogen and oxygen atoms in total. The number of aliphatic carboxylic acids is 3. The molecule has 0 aromatic carbocycles. The van der Waals surface area contributed by atoms with Crippen LogP contribution >= 0.6 is 46.4 Å². The number of aliphatic hydroxyl groups is 1. The number of aryl methyl sites for hydroxylation is 1. The van der Waals surface area contributed by atoms with Crippen LogP contribution in [0.5, 0.6) is 0 Å². The highest BCUT2D eigenvalue weighted by molar-refractivity contribution is 6.18. The first-order valence-electron chi connectivity index (χ1n) is 34.4. The summed E-state index contributed by atoms with van der Waals surface area (Å²) in [6, 6.07) is -2.81. The molecule has 0 bridgehead atoms. The Hall–Kier alpha value is -8.41. The normalized spacial score (nSPS) is 12.4. The smallest absolute Gasteiger partial charge is 0.415 e. The number of rotatable bonds is 48. The third-order valence-electron chi connectivity index (χ3n) is 13.5. The molecule has 1 aromatic rings. The number of hydrogen-bond donors (Lipinski definition) is 11. The molecule has 1 aliphatic rings. The van der Waals surface area contributed by atoms with Crippen LogP contribution in [-0.2, 0) is 99.0 Å². The van der Waals surface area contributed by atoms with E-state index in [0.29, 0.717) is 120 Å². The zero-order valence-electron chi connectivity index (χ0n) is 62.8. The molecule has 17 N–H and O–H groups in total. The predicted molar refractivity (Wildman–Crippen MR) is 402 cm³/mol. The number of Topliss-reactive ketones (excluding diaryl/α,β-unsaturated/α-hetero) is 3. The third-order valence-corrected chi connectivity index (χ3v) is 14.5. The summed E-state index contributed by atoms with van der Waals surface area (Å²) in [5.41, 5.74) is 39.2. The van der Waals surface area contributed by atoms with E-state index >= 15 is 0 Å². The number of carbonyl (C=O) groups is 13. The third kappa shape index (κ3) is 80.4. The lowest BCUT2D eigenvalue weighted by atomic mass is 9.96.